The van der Waals surface area contributed by atoms with Crippen molar-refractivity contribution >= 4 is 23.5 Å². The van der Waals surface area contributed by atoms with Gasteiger partial charge in [0.15, 0.2) is 18.9 Å². The molecule has 48 heavy (non-hydrogen) atoms. The predicted octanol–water partition coefficient (Wildman–Crippen LogP) is 2.95. The Morgan fingerprint density at radius 1 is 1.19 bits per heavy atom. The lowest BCUT2D eigenvalue weighted by Gasteiger charge is -2.61. The zero-order valence-corrected chi connectivity index (χ0v) is 30.3. The summed E-state index contributed by atoms with van der Waals surface area (Å²) >= 11 is 1.12. The second-order valence-corrected chi connectivity index (χ2v) is 15.2. The summed E-state index contributed by atoms with van der Waals surface area (Å²) < 4.78 is 14.2. The lowest BCUT2D eigenvalue weighted by molar-refractivity contribution is -0.688. The van der Waals surface area contributed by atoms with Crippen LogP contribution in [0.15, 0.2) is 71.1 Å². The van der Waals surface area contributed by atoms with E-state index in [1.54, 1.807) is 18.2 Å². The van der Waals surface area contributed by atoms with Crippen molar-refractivity contribution in [3.8, 4) is 17.5 Å². The van der Waals surface area contributed by atoms with Gasteiger partial charge in [-0.15, -0.1) is 16.8 Å². The minimum Gasteiger partial charge on any atom is -1.00 e. The number of hydrogen-bond acceptors (Lipinski definition) is 9. The first-order chi connectivity index (χ1) is 22.4. The molecule has 1 aromatic carbocycles. The number of aliphatic hydroxyl groups is 1. The van der Waals surface area contributed by atoms with E-state index in [4.69, 9.17) is 14.4 Å². The Morgan fingerprint density at radius 3 is 2.56 bits per heavy atom. The minimum absolute atomic E-state index is 0. The number of esters is 1. The summed E-state index contributed by atoms with van der Waals surface area (Å²) in [6.07, 6.45) is 7.84. The number of halogens is 1. The van der Waals surface area contributed by atoms with Crippen LogP contribution in [0.5, 0.6) is 0 Å². The molecule has 2 bridgehead atoms. The van der Waals surface area contributed by atoms with E-state index in [0.717, 1.165) is 42.2 Å². The van der Waals surface area contributed by atoms with E-state index in [-0.39, 0.29) is 56.9 Å². The molecule has 11 heteroatoms. The van der Waals surface area contributed by atoms with Gasteiger partial charge in [0.1, 0.15) is 17.6 Å². The number of thioether (sulfide) groups is 1. The quantitative estimate of drug-likeness (QED) is 0.161. The second kappa shape index (κ2) is 13.9. The smallest absolute Gasteiger partial charge is 0.316 e. The molecule has 0 spiro atoms. The third-order valence-corrected chi connectivity index (χ3v) is 12.7. The van der Waals surface area contributed by atoms with E-state index < -0.39 is 29.0 Å². The van der Waals surface area contributed by atoms with Crippen LogP contribution in [0, 0.1) is 45.3 Å². The van der Waals surface area contributed by atoms with Gasteiger partial charge in [-0.2, -0.15) is 5.26 Å². The molecular weight excluding hydrogens is 692 g/mol. The number of carbonyl (C=O) groups is 2. The summed E-state index contributed by atoms with van der Waals surface area (Å²) in [7, 11) is 0. The van der Waals surface area contributed by atoms with E-state index in [2.05, 4.69) is 43.6 Å². The van der Waals surface area contributed by atoms with E-state index in [9.17, 15) is 14.7 Å². The number of aromatic nitrogens is 3. The highest BCUT2D eigenvalue weighted by molar-refractivity contribution is 7.99. The highest BCUT2D eigenvalue weighted by Gasteiger charge is 2.68. The zero-order valence-electron chi connectivity index (χ0n) is 27.9. The lowest BCUT2D eigenvalue weighted by Crippen LogP contribution is -3.00. The molecule has 1 N–H and O–H groups in total. The zero-order chi connectivity index (χ0) is 33.6. The number of nitrogens with zero attached hydrogens (tertiary/aromatic N) is 4. The summed E-state index contributed by atoms with van der Waals surface area (Å²) in [6.45, 7) is 13.1. The van der Waals surface area contributed by atoms with Crippen LogP contribution in [0.4, 0.5) is 0 Å². The fraction of sp³-hybridized carbons (Fsp3) is 0.514. The topological polar surface area (TPSA) is 130 Å². The van der Waals surface area contributed by atoms with Crippen LogP contribution >= 0.6 is 11.8 Å². The van der Waals surface area contributed by atoms with E-state index in [0.29, 0.717) is 30.8 Å². The fourth-order valence-electron chi connectivity index (χ4n) is 8.80. The average molecular weight is 736 g/mol. The van der Waals surface area contributed by atoms with E-state index in [1.165, 1.54) is 0 Å². The molecule has 3 aliphatic carbocycles. The average Bonchev–Trinajstić information content (AvgIpc) is 3.70. The third-order valence-electron chi connectivity index (χ3n) is 11.9. The third kappa shape index (κ3) is 6.27. The number of hydrogen-bond donors (Lipinski definition) is 1. The normalized spacial score (nSPS) is 32.6. The molecule has 0 aliphatic heterocycles. The van der Waals surface area contributed by atoms with Gasteiger partial charge in [0.05, 0.1) is 23.3 Å². The van der Waals surface area contributed by atoms with Gasteiger partial charge < -0.3 is 31.2 Å². The molecule has 9 nitrogen and oxygen atoms in total. The van der Waals surface area contributed by atoms with Crippen LogP contribution in [0.25, 0.3) is 11.5 Å². The van der Waals surface area contributed by atoms with Crippen LogP contribution in [-0.4, -0.2) is 45.0 Å². The van der Waals surface area contributed by atoms with Gasteiger partial charge in [0, 0.05) is 40.9 Å². The number of nitriles is 1. The molecule has 254 valence electrons. The van der Waals surface area contributed by atoms with Crippen molar-refractivity contribution < 1.29 is 45.4 Å². The maximum atomic E-state index is 13.6. The van der Waals surface area contributed by atoms with Gasteiger partial charge in [-0.25, -0.2) is 4.57 Å². The number of ketones is 1. The number of pyridine rings is 1. The Balaban J connectivity index is 0.00000451. The Labute approximate surface area is 296 Å². The minimum atomic E-state index is -0.706. The largest absolute Gasteiger partial charge is 1.00 e. The monoisotopic (exact) mass is 734 g/mol. The summed E-state index contributed by atoms with van der Waals surface area (Å²) in [5.74, 6) is -0.0639. The first-order valence-corrected chi connectivity index (χ1v) is 17.4. The number of rotatable bonds is 8. The van der Waals surface area contributed by atoms with Crippen molar-refractivity contribution in [3.05, 3.63) is 72.6 Å². The first-order valence-electron chi connectivity index (χ1n) is 16.4. The van der Waals surface area contributed by atoms with Crippen LogP contribution in [0.1, 0.15) is 70.9 Å². The first kappa shape index (κ1) is 36.0. The van der Waals surface area contributed by atoms with Crippen molar-refractivity contribution in [2.45, 2.75) is 83.8 Å². The highest BCUT2D eigenvalue weighted by Crippen LogP contribution is 2.68. The standard InChI is InChI=1S/C37H43N4O5S.BrH/c1-6-35(4)19-29(36(5)23(2)11-15-37(24(3)32(35)44)16-12-28(42)31(36)37)45-30(43)22-47-34-40-39-33(46-34)27-13-17-41(18-14-27)21-26-9-7-25(20-38)8-10-26;/h6-10,13-14,17-18,23-24,29,31-32,44H,1,11-12,15-16,19,21-22H2,2-5H3;1H/q+1;/p-1/t23-,24+,29-,31+,32+,35-,36+,37+;/m1./s1. The highest BCUT2D eigenvalue weighted by atomic mass is 79.9. The molecule has 3 fully saturated rings. The van der Waals surface area contributed by atoms with E-state index >= 15 is 0 Å². The number of ether oxygens (including phenoxy) is 1. The van der Waals surface area contributed by atoms with Crippen LogP contribution in [0.3, 0.4) is 0 Å². The molecule has 3 aromatic rings. The van der Waals surface area contributed by atoms with Crippen molar-refractivity contribution in [2.75, 3.05) is 5.75 Å². The Kier molecular flexibility index (Phi) is 10.4. The molecule has 2 heterocycles. The number of carbonyl (C=O) groups excluding carboxylic acids is 2. The molecule has 3 aliphatic rings. The van der Waals surface area contributed by atoms with Crippen molar-refractivity contribution in [2.24, 2.45) is 34.0 Å². The maximum absolute atomic E-state index is 13.6. The Morgan fingerprint density at radius 2 is 1.90 bits per heavy atom. The van der Waals surface area contributed by atoms with Gasteiger partial charge in [-0.1, -0.05) is 57.7 Å². The summed E-state index contributed by atoms with van der Waals surface area (Å²) in [5.41, 5.74) is 0.886. The number of benzene rings is 1. The molecule has 3 saturated carbocycles. The lowest BCUT2D eigenvalue weighted by atomic mass is 9.44. The van der Waals surface area contributed by atoms with Gasteiger partial charge in [-0.05, 0) is 55.1 Å². The van der Waals surface area contributed by atoms with Crippen LogP contribution in [0.2, 0.25) is 0 Å². The fourth-order valence-corrected chi connectivity index (χ4v) is 9.35. The molecule has 0 amide bonds. The van der Waals surface area contributed by atoms with Crippen LogP contribution in [-0.2, 0) is 20.9 Å². The molecule has 2 aromatic heterocycles. The summed E-state index contributed by atoms with van der Waals surface area (Å²) in [5, 5.41) is 29.3. The van der Waals surface area contributed by atoms with Gasteiger partial charge in [-0.3, -0.25) is 9.59 Å². The van der Waals surface area contributed by atoms with Crippen molar-refractivity contribution in [1.82, 2.24) is 10.2 Å². The van der Waals surface area contributed by atoms with Crippen molar-refractivity contribution in [1.29, 1.82) is 5.26 Å². The molecular formula is C37H43BrN4O5S. The molecule has 0 saturated heterocycles. The van der Waals surface area contributed by atoms with Gasteiger partial charge in [0.2, 0.25) is 5.89 Å². The van der Waals surface area contributed by atoms with Gasteiger partial charge in [0.25, 0.3) is 5.22 Å². The van der Waals surface area contributed by atoms with Crippen LogP contribution < -0.4 is 21.5 Å². The predicted molar refractivity (Wildman–Crippen MR) is 176 cm³/mol. The number of Topliss-reactive ketones (excluding diaryl/α,β-unsaturated/α-hetero) is 1. The van der Waals surface area contributed by atoms with Crippen molar-refractivity contribution in [3.63, 3.8) is 0 Å². The maximum Gasteiger partial charge on any atom is 0.316 e. The summed E-state index contributed by atoms with van der Waals surface area (Å²) in [4.78, 5) is 27.1. The molecule has 0 unspecified atom stereocenters. The van der Waals surface area contributed by atoms with Gasteiger partial charge >= 0.3 is 5.97 Å². The SMILES string of the molecule is C=C[C@]1(C)C[C@@H](OC(=O)CSc2nnc(-c3cc[n+](Cc4ccc(C#N)cc4)cc3)o2)[C@]2(C)[C@H](C)CC[C@]3(CCC(=O)[C@H]32)[C@@H](C)[C@@H]1O.[Br-]. The number of aliphatic hydroxyl groups excluding tert-OH is 1. The summed E-state index contributed by atoms with van der Waals surface area (Å²) in [6, 6.07) is 13.4. The molecule has 0 radical (unpaired) electrons. The molecule has 8 atom stereocenters. The Hall–Kier alpha value is -3.33. The molecule has 6 rings (SSSR count). The second-order valence-electron chi connectivity index (χ2n) is 14.3. The Bertz CT molecular complexity index is 1710. The van der Waals surface area contributed by atoms with E-state index in [1.807, 2.05) is 48.1 Å².